The van der Waals surface area contributed by atoms with Gasteiger partial charge in [0.05, 0.1) is 11.6 Å². The Morgan fingerprint density at radius 3 is 2.11 bits per heavy atom. The monoisotopic (exact) mass is 380 g/mol. The molecule has 2 rings (SSSR count). The van der Waals surface area contributed by atoms with E-state index in [1.807, 2.05) is 50.3 Å². The number of rotatable bonds is 5. The maximum absolute atomic E-state index is 13.9. The summed E-state index contributed by atoms with van der Waals surface area (Å²) in [5.74, 6) is 3.82. The van der Waals surface area contributed by atoms with Crippen LogP contribution < -0.4 is 0 Å². The van der Waals surface area contributed by atoms with Crippen LogP contribution in [0.25, 0.3) is 5.70 Å². The van der Waals surface area contributed by atoms with Gasteiger partial charge in [-0.15, -0.1) is 0 Å². The van der Waals surface area contributed by atoms with Crippen LogP contribution >= 0.6 is 0 Å². The van der Waals surface area contributed by atoms with Crippen molar-refractivity contribution >= 4 is 5.70 Å². The molecule has 146 valence electrons. The number of hydrogen-bond donors (Lipinski definition) is 0. The van der Waals surface area contributed by atoms with Crippen molar-refractivity contribution in [2.24, 2.45) is 0 Å². The van der Waals surface area contributed by atoms with E-state index in [1.54, 1.807) is 0 Å². The topological polar surface area (TPSA) is 6.48 Å². The Balaban J connectivity index is 2.17. The lowest BCUT2D eigenvalue weighted by Gasteiger charge is -2.33. The van der Waals surface area contributed by atoms with Crippen LogP contribution in [-0.4, -0.2) is 37.0 Å². The van der Waals surface area contributed by atoms with Gasteiger partial charge < -0.3 is 9.80 Å². The molecule has 0 saturated carbocycles. The highest BCUT2D eigenvalue weighted by Gasteiger charge is 2.16. The maximum atomic E-state index is 13.9. The molecule has 0 fully saturated rings. The third-order valence-corrected chi connectivity index (χ3v) is 4.90. The van der Waals surface area contributed by atoms with Crippen LogP contribution in [0.4, 0.5) is 8.78 Å². The van der Waals surface area contributed by atoms with Crippen molar-refractivity contribution in [3.8, 4) is 11.8 Å². The van der Waals surface area contributed by atoms with E-state index in [-0.39, 0.29) is 17.2 Å². The molecule has 0 heterocycles. The predicted octanol–water partition coefficient (Wildman–Crippen LogP) is 5.04. The molecule has 2 aromatic carbocycles. The van der Waals surface area contributed by atoms with Crippen LogP contribution in [0.5, 0.6) is 0 Å². The van der Waals surface area contributed by atoms with E-state index in [4.69, 9.17) is 0 Å². The van der Waals surface area contributed by atoms with Gasteiger partial charge in [0.1, 0.15) is 0 Å². The third kappa shape index (κ3) is 4.61. The van der Waals surface area contributed by atoms with Crippen LogP contribution in [0.2, 0.25) is 0 Å². The molecule has 0 aliphatic rings. The minimum absolute atomic E-state index is 0.0485. The van der Waals surface area contributed by atoms with Gasteiger partial charge in [0.25, 0.3) is 0 Å². The largest absolute Gasteiger partial charge is 0.380 e. The minimum Gasteiger partial charge on any atom is -0.380 e. The zero-order chi connectivity index (χ0) is 21.0. The fourth-order valence-corrected chi connectivity index (χ4v) is 2.66. The number of benzene rings is 2. The zero-order valence-electron chi connectivity index (χ0n) is 17.1. The Bertz CT molecular complexity index is 947. The molecule has 2 nitrogen and oxygen atoms in total. The van der Waals surface area contributed by atoms with Gasteiger partial charge in [0, 0.05) is 38.1 Å². The summed E-state index contributed by atoms with van der Waals surface area (Å²) in [5, 5.41) is 0. The third-order valence-electron chi connectivity index (χ3n) is 4.90. The van der Waals surface area contributed by atoms with E-state index < -0.39 is 11.6 Å². The summed E-state index contributed by atoms with van der Waals surface area (Å²) in [6.45, 7) is 11.9. The maximum Gasteiger partial charge on any atom is 0.174 e. The summed E-state index contributed by atoms with van der Waals surface area (Å²) in [4.78, 5) is 4.05. The molecular formula is C24H26F2N2. The second kappa shape index (κ2) is 8.75. The second-order valence-electron chi connectivity index (χ2n) is 7.00. The molecule has 0 aliphatic heterocycles. The van der Waals surface area contributed by atoms with Crippen LogP contribution in [0, 0.1) is 30.4 Å². The van der Waals surface area contributed by atoms with Crippen molar-refractivity contribution in [2.45, 2.75) is 19.9 Å². The molecule has 4 heteroatoms. The van der Waals surface area contributed by atoms with Crippen molar-refractivity contribution in [2.75, 3.05) is 21.1 Å². The van der Waals surface area contributed by atoms with Gasteiger partial charge in [-0.2, -0.15) is 0 Å². The molecule has 2 aromatic rings. The molecule has 28 heavy (non-hydrogen) atoms. The first kappa shape index (κ1) is 21.2. The van der Waals surface area contributed by atoms with Crippen molar-refractivity contribution in [1.82, 2.24) is 9.80 Å². The molecule has 0 bridgehead atoms. The van der Waals surface area contributed by atoms with Crippen molar-refractivity contribution in [3.05, 3.63) is 89.1 Å². The average Bonchev–Trinajstić information content (AvgIpc) is 2.69. The van der Waals surface area contributed by atoms with E-state index in [0.717, 1.165) is 17.0 Å². The fraction of sp³-hybridized carbons (Fsp3) is 0.250. The Labute approximate surface area is 166 Å². The fourth-order valence-electron chi connectivity index (χ4n) is 2.66. The lowest BCUT2D eigenvalue weighted by molar-refractivity contribution is 0.343. The molecule has 0 spiro atoms. The number of hydrogen-bond acceptors (Lipinski definition) is 2. The van der Waals surface area contributed by atoms with E-state index in [9.17, 15) is 8.78 Å². The van der Waals surface area contributed by atoms with Gasteiger partial charge in [-0.1, -0.05) is 43.2 Å². The number of nitrogens with zero attached hydrogens (tertiary/aromatic N) is 2. The molecule has 0 aliphatic carbocycles. The van der Waals surface area contributed by atoms with Crippen LogP contribution in [0.15, 0.2) is 55.3 Å². The molecule has 0 aromatic heterocycles. The Morgan fingerprint density at radius 1 is 0.929 bits per heavy atom. The predicted molar refractivity (Wildman–Crippen MR) is 113 cm³/mol. The zero-order valence-corrected chi connectivity index (χ0v) is 17.1. The number of likely N-dealkylation sites (N-methyl/N-ethyl adjacent to an activating group) is 2. The Kier molecular flexibility index (Phi) is 6.64. The van der Waals surface area contributed by atoms with Crippen molar-refractivity contribution in [3.63, 3.8) is 0 Å². The van der Waals surface area contributed by atoms with E-state index >= 15 is 0 Å². The highest BCUT2D eigenvalue weighted by molar-refractivity contribution is 5.63. The molecule has 1 unspecified atom stereocenters. The van der Waals surface area contributed by atoms with Crippen molar-refractivity contribution < 1.29 is 8.78 Å². The Morgan fingerprint density at radius 2 is 1.54 bits per heavy atom. The average molecular weight is 380 g/mol. The summed E-state index contributed by atoms with van der Waals surface area (Å²) in [6, 6.07) is 10.6. The SMILES string of the molecule is C=C(C(C)N(C)C(=C)c1ccc(C#Cc2ccc(C)c(F)c2F)cc1)N(C)C. The number of aryl methyl sites for hydroxylation is 1. The van der Waals surface area contributed by atoms with E-state index in [1.165, 1.54) is 19.1 Å². The van der Waals surface area contributed by atoms with Crippen LogP contribution in [0.1, 0.15) is 29.2 Å². The van der Waals surface area contributed by atoms with Gasteiger partial charge >= 0.3 is 0 Å². The van der Waals surface area contributed by atoms with Gasteiger partial charge in [-0.3, -0.25) is 0 Å². The molecule has 1 atom stereocenters. The molecule has 0 saturated heterocycles. The standard InChI is InChI=1S/C24H26F2N2/c1-16-8-12-22(24(26)23(16)25)15-11-20-9-13-21(14-10-20)19(4)28(7)18(3)17(2)27(5)6/h8-10,12-14,18H,2,4H2,1,3,5-7H3. The molecular weight excluding hydrogens is 354 g/mol. The highest BCUT2D eigenvalue weighted by Crippen LogP contribution is 2.22. The summed E-state index contributed by atoms with van der Waals surface area (Å²) in [6.07, 6.45) is 0. The van der Waals surface area contributed by atoms with E-state index in [2.05, 4.69) is 36.8 Å². The Hall–Kier alpha value is -3.06. The quantitative estimate of drug-likeness (QED) is 0.671. The first-order chi connectivity index (χ1) is 13.1. The summed E-state index contributed by atoms with van der Waals surface area (Å²) >= 11 is 0. The lowest BCUT2D eigenvalue weighted by Crippen LogP contribution is -2.33. The minimum atomic E-state index is -0.908. The number of halogens is 2. The van der Waals surface area contributed by atoms with Gasteiger partial charge in [0.2, 0.25) is 0 Å². The normalized spacial score (nSPS) is 11.2. The smallest absolute Gasteiger partial charge is 0.174 e. The van der Waals surface area contributed by atoms with E-state index in [0.29, 0.717) is 5.56 Å². The second-order valence-corrected chi connectivity index (χ2v) is 7.00. The lowest BCUT2D eigenvalue weighted by atomic mass is 10.1. The van der Waals surface area contributed by atoms with Crippen molar-refractivity contribution in [1.29, 1.82) is 0 Å². The van der Waals surface area contributed by atoms with Crippen LogP contribution in [0.3, 0.4) is 0 Å². The highest BCUT2D eigenvalue weighted by atomic mass is 19.2. The summed E-state index contributed by atoms with van der Waals surface area (Å²) < 4.78 is 27.6. The first-order valence-corrected chi connectivity index (χ1v) is 8.98. The molecule has 0 radical (unpaired) electrons. The van der Waals surface area contributed by atoms with Gasteiger partial charge in [-0.05, 0) is 43.2 Å². The van der Waals surface area contributed by atoms with Gasteiger partial charge in [0.15, 0.2) is 11.6 Å². The molecule has 0 amide bonds. The summed E-state index contributed by atoms with van der Waals surface area (Å²) in [7, 11) is 5.90. The van der Waals surface area contributed by atoms with Crippen LogP contribution in [-0.2, 0) is 0 Å². The van der Waals surface area contributed by atoms with Gasteiger partial charge in [-0.25, -0.2) is 8.78 Å². The summed E-state index contributed by atoms with van der Waals surface area (Å²) in [5.41, 5.74) is 3.83. The molecule has 0 N–H and O–H groups in total. The first-order valence-electron chi connectivity index (χ1n) is 8.98.